The molecule has 1 N–H and O–H groups in total. The largest absolute Gasteiger partial charge is 0.496 e. The molecule has 1 unspecified atom stereocenters. The van der Waals surface area contributed by atoms with Crippen LogP contribution in [0.15, 0.2) is 18.2 Å². The third-order valence-electron chi connectivity index (χ3n) is 2.12. The molecule has 1 rings (SSSR count). The van der Waals surface area contributed by atoms with Crippen LogP contribution in [-0.2, 0) is 4.79 Å². The summed E-state index contributed by atoms with van der Waals surface area (Å²) in [5.74, 6) is -2.59. The first-order valence-electron chi connectivity index (χ1n) is 4.57. The van der Waals surface area contributed by atoms with Crippen molar-refractivity contribution < 1.29 is 23.8 Å². The Balaban J connectivity index is 3.38. The smallest absolute Gasteiger partial charge is 0.377 e. The summed E-state index contributed by atoms with van der Waals surface area (Å²) >= 11 is 0. The van der Waals surface area contributed by atoms with Crippen LogP contribution in [-0.4, -0.2) is 24.0 Å². The van der Waals surface area contributed by atoms with Crippen LogP contribution in [0.1, 0.15) is 29.0 Å². The van der Waals surface area contributed by atoms with Crippen molar-refractivity contribution in [1.82, 2.24) is 0 Å². The normalized spacial score (nSPS) is 11.9. The second-order valence-corrected chi connectivity index (χ2v) is 3.17. The van der Waals surface area contributed by atoms with Gasteiger partial charge in [-0.15, -0.1) is 0 Å². The molecule has 86 valence electrons. The van der Waals surface area contributed by atoms with E-state index in [1.807, 2.05) is 0 Å². The number of ether oxygens (including phenoxy) is 1. The minimum absolute atomic E-state index is 0.0302. The highest BCUT2D eigenvalue weighted by Crippen LogP contribution is 2.31. The van der Waals surface area contributed by atoms with Crippen LogP contribution in [0.2, 0.25) is 0 Å². The Hall–Kier alpha value is -1.91. The molecule has 1 aromatic carbocycles. The number of carbonyl (C=O) groups excluding carboxylic acids is 1. The van der Waals surface area contributed by atoms with Gasteiger partial charge in [0.15, 0.2) is 0 Å². The molecule has 1 aromatic rings. The van der Waals surface area contributed by atoms with Gasteiger partial charge in [-0.3, -0.25) is 4.79 Å². The summed E-state index contributed by atoms with van der Waals surface area (Å²) in [5.41, 5.74) is -0.209. The lowest BCUT2D eigenvalue weighted by Gasteiger charge is -2.12. The SMILES string of the molecule is COc1cccc(C(=O)C(=O)O)c1C(C)F. The monoisotopic (exact) mass is 226 g/mol. The molecule has 0 radical (unpaired) electrons. The number of rotatable bonds is 4. The standard InChI is InChI=1S/C11H11FO4/c1-6(12)9-7(10(13)11(14)15)4-3-5-8(9)16-2/h3-6H,1-2H3,(H,14,15). The van der Waals surface area contributed by atoms with E-state index >= 15 is 0 Å². The molecule has 0 aromatic heterocycles. The molecule has 0 heterocycles. The Morgan fingerprint density at radius 2 is 2.06 bits per heavy atom. The Kier molecular flexibility index (Phi) is 3.60. The highest BCUT2D eigenvalue weighted by molar-refractivity contribution is 6.40. The Labute approximate surface area is 91.7 Å². The van der Waals surface area contributed by atoms with Gasteiger partial charge >= 0.3 is 5.97 Å². The first kappa shape index (κ1) is 12.2. The van der Waals surface area contributed by atoms with Crippen molar-refractivity contribution in [3.8, 4) is 5.75 Å². The molecule has 0 amide bonds. The molecule has 0 aliphatic rings. The summed E-state index contributed by atoms with van der Waals surface area (Å²) in [7, 11) is 1.33. The lowest BCUT2D eigenvalue weighted by atomic mass is 9.99. The minimum atomic E-state index is -1.62. The number of aliphatic carboxylic acids is 1. The summed E-state index contributed by atoms with van der Waals surface area (Å²) in [6, 6.07) is 4.19. The summed E-state index contributed by atoms with van der Waals surface area (Å²) in [5, 5.41) is 8.59. The third-order valence-corrected chi connectivity index (χ3v) is 2.12. The first-order chi connectivity index (χ1) is 7.49. The quantitative estimate of drug-likeness (QED) is 0.630. The second-order valence-electron chi connectivity index (χ2n) is 3.17. The van der Waals surface area contributed by atoms with Crippen molar-refractivity contribution >= 4 is 11.8 Å². The summed E-state index contributed by atoms with van der Waals surface area (Å²) in [6.45, 7) is 1.22. The van der Waals surface area contributed by atoms with E-state index in [4.69, 9.17) is 9.84 Å². The molecular weight excluding hydrogens is 215 g/mol. The first-order valence-corrected chi connectivity index (χ1v) is 4.57. The van der Waals surface area contributed by atoms with Gasteiger partial charge in [0.05, 0.1) is 7.11 Å². The van der Waals surface area contributed by atoms with Crippen molar-refractivity contribution in [2.45, 2.75) is 13.1 Å². The molecular formula is C11H11FO4. The lowest BCUT2D eigenvalue weighted by molar-refractivity contribution is -0.131. The zero-order chi connectivity index (χ0) is 12.3. The number of carboxylic acids is 1. The number of benzene rings is 1. The second kappa shape index (κ2) is 4.74. The third kappa shape index (κ3) is 2.18. The average Bonchev–Trinajstić information content (AvgIpc) is 2.26. The number of carbonyl (C=O) groups is 2. The van der Waals surface area contributed by atoms with Crippen molar-refractivity contribution in [3.63, 3.8) is 0 Å². The van der Waals surface area contributed by atoms with E-state index in [0.29, 0.717) is 0 Å². The number of hydrogen-bond donors (Lipinski definition) is 1. The van der Waals surface area contributed by atoms with Gasteiger partial charge in [0.25, 0.3) is 5.78 Å². The number of carboxylic acid groups (broad SMARTS) is 1. The van der Waals surface area contributed by atoms with Crippen LogP contribution >= 0.6 is 0 Å². The number of alkyl halides is 1. The van der Waals surface area contributed by atoms with Crippen LogP contribution in [0.3, 0.4) is 0 Å². The molecule has 0 spiro atoms. The van der Waals surface area contributed by atoms with Crippen molar-refractivity contribution in [1.29, 1.82) is 0 Å². The van der Waals surface area contributed by atoms with Gasteiger partial charge in [0.1, 0.15) is 11.9 Å². The minimum Gasteiger partial charge on any atom is -0.496 e. The summed E-state index contributed by atoms with van der Waals surface area (Å²) < 4.78 is 18.2. The molecule has 0 saturated heterocycles. The highest BCUT2D eigenvalue weighted by atomic mass is 19.1. The summed E-state index contributed by atoms with van der Waals surface area (Å²) in [4.78, 5) is 21.9. The molecule has 0 aliphatic carbocycles. The Morgan fingerprint density at radius 3 is 2.50 bits per heavy atom. The van der Waals surface area contributed by atoms with Gasteiger partial charge in [0.2, 0.25) is 0 Å². The number of halogens is 1. The van der Waals surface area contributed by atoms with Gasteiger partial charge in [-0.05, 0) is 13.0 Å². The average molecular weight is 226 g/mol. The maximum atomic E-state index is 13.3. The van der Waals surface area contributed by atoms with E-state index in [9.17, 15) is 14.0 Å². The van der Waals surface area contributed by atoms with Gasteiger partial charge in [0, 0.05) is 11.1 Å². The van der Waals surface area contributed by atoms with Crippen molar-refractivity contribution in [2.24, 2.45) is 0 Å². The van der Waals surface area contributed by atoms with Gasteiger partial charge in [-0.1, -0.05) is 12.1 Å². The van der Waals surface area contributed by atoms with Crippen LogP contribution < -0.4 is 4.74 Å². The zero-order valence-corrected chi connectivity index (χ0v) is 8.86. The van der Waals surface area contributed by atoms with E-state index in [1.165, 1.54) is 32.2 Å². The predicted molar refractivity (Wildman–Crippen MR) is 54.5 cm³/mol. The maximum absolute atomic E-state index is 13.3. The molecule has 0 saturated carbocycles. The zero-order valence-electron chi connectivity index (χ0n) is 8.86. The van der Waals surface area contributed by atoms with Gasteiger partial charge in [-0.2, -0.15) is 0 Å². The fourth-order valence-electron chi connectivity index (χ4n) is 1.45. The molecule has 4 nitrogen and oxygen atoms in total. The number of methoxy groups -OCH3 is 1. The summed E-state index contributed by atoms with van der Waals surface area (Å²) in [6.07, 6.45) is -1.48. The highest BCUT2D eigenvalue weighted by Gasteiger charge is 2.24. The number of ketones is 1. The fourth-order valence-corrected chi connectivity index (χ4v) is 1.45. The van der Waals surface area contributed by atoms with Gasteiger partial charge < -0.3 is 9.84 Å². The van der Waals surface area contributed by atoms with E-state index in [0.717, 1.165) is 0 Å². The van der Waals surface area contributed by atoms with Crippen molar-refractivity contribution in [2.75, 3.05) is 7.11 Å². The van der Waals surface area contributed by atoms with Crippen LogP contribution in [0, 0.1) is 0 Å². The predicted octanol–water partition coefficient (Wildman–Crippen LogP) is 1.99. The van der Waals surface area contributed by atoms with E-state index < -0.39 is 17.9 Å². The Morgan fingerprint density at radius 1 is 1.44 bits per heavy atom. The van der Waals surface area contributed by atoms with E-state index in [1.54, 1.807) is 0 Å². The van der Waals surface area contributed by atoms with Crippen LogP contribution in [0.4, 0.5) is 4.39 Å². The lowest BCUT2D eigenvalue weighted by Crippen LogP contribution is -2.15. The number of Topliss-reactive ketones (excluding diaryl/α,β-unsaturated/α-hetero) is 1. The van der Waals surface area contributed by atoms with Crippen molar-refractivity contribution in [3.05, 3.63) is 29.3 Å². The molecule has 1 atom stereocenters. The molecule has 0 aliphatic heterocycles. The van der Waals surface area contributed by atoms with Crippen LogP contribution in [0.5, 0.6) is 5.75 Å². The molecule has 0 bridgehead atoms. The fraction of sp³-hybridized carbons (Fsp3) is 0.273. The van der Waals surface area contributed by atoms with Crippen LogP contribution in [0.25, 0.3) is 0 Å². The topological polar surface area (TPSA) is 63.6 Å². The number of hydrogen-bond acceptors (Lipinski definition) is 3. The van der Waals surface area contributed by atoms with E-state index in [-0.39, 0.29) is 16.9 Å². The molecule has 16 heavy (non-hydrogen) atoms. The molecule has 5 heteroatoms. The Bertz CT molecular complexity index is 426. The maximum Gasteiger partial charge on any atom is 0.377 e. The van der Waals surface area contributed by atoms with Gasteiger partial charge in [-0.25, -0.2) is 9.18 Å². The molecule has 0 fully saturated rings. The van der Waals surface area contributed by atoms with E-state index in [2.05, 4.69) is 0 Å².